The van der Waals surface area contributed by atoms with Gasteiger partial charge in [-0.1, -0.05) is 19.3 Å². The molecular formula is C13H21N3S. The third-order valence-corrected chi connectivity index (χ3v) is 5.05. The molecule has 1 aliphatic carbocycles. The third-order valence-electron chi connectivity index (χ3n) is 4.33. The maximum Gasteiger partial charge on any atom is 0.180 e. The maximum atomic E-state index is 5.68. The lowest BCUT2D eigenvalue weighted by atomic mass is 9.75. The number of nitrogen functional groups attached to an aromatic ring is 1. The number of piperidine rings is 1. The summed E-state index contributed by atoms with van der Waals surface area (Å²) in [5.41, 5.74) is 6.83. The van der Waals surface area contributed by atoms with Gasteiger partial charge in [0.25, 0.3) is 0 Å². The Morgan fingerprint density at radius 3 is 2.88 bits per heavy atom. The first-order valence-electron chi connectivity index (χ1n) is 6.73. The molecule has 1 aliphatic heterocycles. The van der Waals surface area contributed by atoms with Crippen molar-refractivity contribution in [3.63, 3.8) is 0 Å². The van der Waals surface area contributed by atoms with E-state index in [4.69, 9.17) is 5.73 Å². The molecule has 2 N–H and O–H groups in total. The van der Waals surface area contributed by atoms with Crippen LogP contribution in [0.2, 0.25) is 0 Å². The monoisotopic (exact) mass is 251 g/mol. The van der Waals surface area contributed by atoms with Gasteiger partial charge in [-0.3, -0.25) is 4.90 Å². The van der Waals surface area contributed by atoms with Gasteiger partial charge >= 0.3 is 0 Å². The van der Waals surface area contributed by atoms with Gasteiger partial charge in [-0.05, 0) is 31.2 Å². The molecule has 94 valence electrons. The number of anilines is 1. The van der Waals surface area contributed by atoms with Crippen molar-refractivity contribution in [3.05, 3.63) is 11.1 Å². The molecule has 0 bridgehead atoms. The van der Waals surface area contributed by atoms with E-state index in [1.807, 2.05) is 0 Å². The van der Waals surface area contributed by atoms with Crippen LogP contribution < -0.4 is 5.73 Å². The molecule has 0 aromatic carbocycles. The minimum Gasteiger partial charge on any atom is -0.375 e. The molecule has 0 amide bonds. The van der Waals surface area contributed by atoms with Gasteiger partial charge in [-0.2, -0.15) is 0 Å². The molecule has 3 nitrogen and oxygen atoms in total. The van der Waals surface area contributed by atoms with Crippen LogP contribution in [0.5, 0.6) is 0 Å². The molecule has 17 heavy (non-hydrogen) atoms. The zero-order valence-electron chi connectivity index (χ0n) is 10.3. The molecule has 1 aromatic rings. The van der Waals surface area contributed by atoms with Crippen LogP contribution in [-0.4, -0.2) is 23.0 Å². The van der Waals surface area contributed by atoms with Crippen molar-refractivity contribution in [2.75, 3.05) is 18.8 Å². The zero-order chi connectivity index (χ0) is 11.7. The van der Waals surface area contributed by atoms with Crippen LogP contribution in [0, 0.1) is 11.8 Å². The predicted octanol–water partition coefficient (Wildman–Crippen LogP) is 2.74. The summed E-state index contributed by atoms with van der Waals surface area (Å²) >= 11 is 1.56. The van der Waals surface area contributed by atoms with E-state index in [-0.39, 0.29) is 0 Å². The number of rotatable bonds is 2. The lowest BCUT2D eigenvalue weighted by molar-refractivity contribution is 0.0814. The first kappa shape index (κ1) is 11.5. The first-order chi connectivity index (χ1) is 8.31. The average molecular weight is 251 g/mol. The molecule has 2 heterocycles. The van der Waals surface area contributed by atoms with Crippen LogP contribution in [-0.2, 0) is 6.54 Å². The quantitative estimate of drug-likeness (QED) is 0.879. The van der Waals surface area contributed by atoms with Gasteiger partial charge in [0.1, 0.15) is 0 Å². The highest BCUT2D eigenvalue weighted by Gasteiger charge is 2.31. The van der Waals surface area contributed by atoms with Crippen LogP contribution in [0.4, 0.5) is 5.13 Å². The summed E-state index contributed by atoms with van der Waals surface area (Å²) < 4.78 is 0. The summed E-state index contributed by atoms with van der Waals surface area (Å²) in [6.45, 7) is 3.53. The second kappa shape index (κ2) is 4.94. The molecule has 3 rings (SSSR count). The van der Waals surface area contributed by atoms with Crippen molar-refractivity contribution >= 4 is 16.5 Å². The van der Waals surface area contributed by atoms with E-state index in [2.05, 4.69) is 15.3 Å². The molecular weight excluding hydrogens is 230 g/mol. The van der Waals surface area contributed by atoms with Crippen LogP contribution >= 0.6 is 11.3 Å². The summed E-state index contributed by atoms with van der Waals surface area (Å²) in [6.07, 6.45) is 7.22. The van der Waals surface area contributed by atoms with Gasteiger partial charge in [-0.15, -0.1) is 11.3 Å². The topological polar surface area (TPSA) is 42.1 Å². The van der Waals surface area contributed by atoms with Crippen LogP contribution in [0.3, 0.4) is 0 Å². The van der Waals surface area contributed by atoms with Gasteiger partial charge in [0.05, 0.1) is 5.69 Å². The summed E-state index contributed by atoms with van der Waals surface area (Å²) in [4.78, 5) is 6.93. The Balaban J connectivity index is 1.58. The Hall–Kier alpha value is -0.610. The molecule has 2 aliphatic rings. The van der Waals surface area contributed by atoms with E-state index in [1.165, 1.54) is 45.2 Å². The van der Waals surface area contributed by atoms with Crippen molar-refractivity contribution in [2.24, 2.45) is 11.8 Å². The summed E-state index contributed by atoms with van der Waals surface area (Å²) in [5, 5.41) is 2.80. The molecule has 4 heteroatoms. The van der Waals surface area contributed by atoms with Crippen molar-refractivity contribution in [2.45, 2.75) is 38.6 Å². The molecule has 2 atom stereocenters. The van der Waals surface area contributed by atoms with Crippen LogP contribution in [0.15, 0.2) is 5.38 Å². The number of nitrogens with zero attached hydrogens (tertiary/aromatic N) is 2. The molecule has 1 saturated carbocycles. The third kappa shape index (κ3) is 2.63. The number of hydrogen-bond acceptors (Lipinski definition) is 4. The van der Waals surface area contributed by atoms with Crippen molar-refractivity contribution in [1.82, 2.24) is 9.88 Å². The van der Waals surface area contributed by atoms with E-state index in [0.29, 0.717) is 5.13 Å². The Bertz CT molecular complexity index is 376. The summed E-state index contributed by atoms with van der Waals surface area (Å²) in [6, 6.07) is 0. The first-order valence-corrected chi connectivity index (χ1v) is 7.61. The maximum absolute atomic E-state index is 5.68. The lowest BCUT2D eigenvalue weighted by Gasteiger charge is -2.41. The number of hydrogen-bond donors (Lipinski definition) is 1. The molecule has 0 radical (unpaired) electrons. The van der Waals surface area contributed by atoms with Gasteiger partial charge in [0.2, 0.25) is 0 Å². The highest BCUT2D eigenvalue weighted by molar-refractivity contribution is 7.13. The van der Waals surface area contributed by atoms with Gasteiger partial charge < -0.3 is 5.73 Å². The van der Waals surface area contributed by atoms with E-state index < -0.39 is 0 Å². The Morgan fingerprint density at radius 2 is 2.12 bits per heavy atom. The molecule has 2 unspecified atom stereocenters. The highest BCUT2D eigenvalue weighted by Crippen LogP contribution is 2.36. The fourth-order valence-corrected chi connectivity index (χ4v) is 4.00. The summed E-state index contributed by atoms with van der Waals surface area (Å²) in [7, 11) is 0. The SMILES string of the molecule is Nc1nc(CN2CCC3CCCCC3C2)cs1. The van der Waals surface area contributed by atoms with E-state index in [0.717, 1.165) is 24.1 Å². The Kier molecular flexibility index (Phi) is 3.34. The molecule has 1 saturated heterocycles. The second-order valence-corrected chi connectivity index (χ2v) is 6.40. The average Bonchev–Trinajstić information content (AvgIpc) is 2.75. The predicted molar refractivity (Wildman–Crippen MR) is 71.9 cm³/mol. The molecule has 0 spiro atoms. The minimum atomic E-state index is 0.701. The fourth-order valence-electron chi connectivity index (χ4n) is 3.44. The second-order valence-electron chi connectivity index (χ2n) is 5.51. The largest absolute Gasteiger partial charge is 0.375 e. The van der Waals surface area contributed by atoms with Gasteiger partial charge in [0.15, 0.2) is 5.13 Å². The Labute approximate surface area is 107 Å². The van der Waals surface area contributed by atoms with Gasteiger partial charge in [0, 0.05) is 18.5 Å². The molecule has 2 fully saturated rings. The lowest BCUT2D eigenvalue weighted by Crippen LogP contribution is -2.41. The van der Waals surface area contributed by atoms with Crippen molar-refractivity contribution in [3.8, 4) is 0 Å². The highest BCUT2D eigenvalue weighted by atomic mass is 32.1. The smallest absolute Gasteiger partial charge is 0.180 e. The standard InChI is InChI=1S/C13H21N3S/c14-13-15-12(9-17-13)8-16-6-5-10-3-1-2-4-11(10)7-16/h9-11H,1-8H2,(H2,14,15). The number of nitrogens with two attached hydrogens (primary N) is 1. The Morgan fingerprint density at radius 1 is 1.29 bits per heavy atom. The zero-order valence-corrected chi connectivity index (χ0v) is 11.1. The number of fused-ring (bicyclic) bond motifs is 1. The van der Waals surface area contributed by atoms with E-state index in [1.54, 1.807) is 11.3 Å². The van der Waals surface area contributed by atoms with Crippen molar-refractivity contribution in [1.29, 1.82) is 0 Å². The number of likely N-dealkylation sites (tertiary alicyclic amines) is 1. The number of aromatic nitrogens is 1. The van der Waals surface area contributed by atoms with Crippen LogP contribution in [0.1, 0.15) is 37.8 Å². The van der Waals surface area contributed by atoms with Gasteiger partial charge in [-0.25, -0.2) is 4.98 Å². The van der Waals surface area contributed by atoms with Crippen molar-refractivity contribution < 1.29 is 0 Å². The normalized spacial score (nSPS) is 30.1. The molecule has 1 aromatic heterocycles. The van der Waals surface area contributed by atoms with E-state index >= 15 is 0 Å². The summed E-state index contributed by atoms with van der Waals surface area (Å²) in [5.74, 6) is 1.97. The fraction of sp³-hybridized carbons (Fsp3) is 0.769. The minimum absolute atomic E-state index is 0.701. The van der Waals surface area contributed by atoms with Crippen LogP contribution in [0.25, 0.3) is 0 Å². The number of thiazole rings is 1. The van der Waals surface area contributed by atoms with E-state index in [9.17, 15) is 0 Å².